The average molecular weight is 436 g/mol. The van der Waals surface area contributed by atoms with Crippen molar-refractivity contribution < 1.29 is 14.6 Å². The molecule has 0 aliphatic heterocycles. The number of ether oxygens (including phenoxy) is 1. The molecular formula is C22H17N3O3S2. The number of hydrogen-bond donors (Lipinski definition) is 3. The highest BCUT2D eigenvalue weighted by Crippen LogP contribution is 2.28. The quantitative estimate of drug-likeness (QED) is 0.394. The van der Waals surface area contributed by atoms with Gasteiger partial charge >= 0.3 is 0 Å². The lowest BCUT2D eigenvalue weighted by Gasteiger charge is -2.09. The Labute approximate surface area is 182 Å². The van der Waals surface area contributed by atoms with Crippen molar-refractivity contribution in [1.29, 1.82) is 0 Å². The minimum atomic E-state index is -0.351. The van der Waals surface area contributed by atoms with Gasteiger partial charge in [0, 0.05) is 5.56 Å². The Hall–Kier alpha value is -3.49. The zero-order valence-corrected chi connectivity index (χ0v) is 17.3. The number of thiocarbonyl (C=S) groups is 1. The second kappa shape index (κ2) is 8.89. The first-order valence-electron chi connectivity index (χ1n) is 9.05. The number of aromatic nitrogens is 1. The summed E-state index contributed by atoms with van der Waals surface area (Å²) in [6.45, 7) is 0.416. The van der Waals surface area contributed by atoms with E-state index in [0.717, 1.165) is 15.8 Å². The lowest BCUT2D eigenvalue weighted by molar-refractivity contribution is 0.0977. The van der Waals surface area contributed by atoms with E-state index < -0.39 is 0 Å². The molecule has 8 heteroatoms. The predicted octanol–water partition coefficient (Wildman–Crippen LogP) is 4.71. The number of carbonyl (C=O) groups excluding carboxylic acids is 1. The first kappa shape index (κ1) is 19.8. The number of rotatable bonds is 5. The number of hydrogen-bond acceptors (Lipinski definition) is 6. The van der Waals surface area contributed by atoms with Crippen molar-refractivity contribution in [1.82, 2.24) is 10.3 Å². The molecule has 0 unspecified atom stereocenters. The maximum atomic E-state index is 12.5. The van der Waals surface area contributed by atoms with E-state index in [1.54, 1.807) is 42.5 Å². The van der Waals surface area contributed by atoms with Crippen LogP contribution >= 0.6 is 23.6 Å². The fourth-order valence-corrected chi connectivity index (χ4v) is 3.90. The van der Waals surface area contributed by atoms with Crippen LogP contribution in [-0.4, -0.2) is 21.1 Å². The third kappa shape index (κ3) is 4.91. The standard InChI is InChI=1S/C22H17N3O3S2/c26-16-9-10-18-19(12-16)30-22(23-18)25-21(29)24-20(27)15-7-4-8-17(11-15)28-13-14-5-2-1-3-6-14/h1-12,26H,13H2,(H2,23,24,25,27,29). The van der Waals surface area contributed by atoms with E-state index >= 15 is 0 Å². The highest BCUT2D eigenvalue weighted by molar-refractivity contribution is 7.80. The molecule has 0 saturated carbocycles. The number of carbonyl (C=O) groups is 1. The van der Waals surface area contributed by atoms with Crippen molar-refractivity contribution in [2.45, 2.75) is 6.61 Å². The molecule has 1 amide bonds. The number of thiazole rings is 1. The average Bonchev–Trinajstić information content (AvgIpc) is 3.14. The van der Waals surface area contributed by atoms with Crippen LogP contribution in [0, 0.1) is 0 Å². The second-order valence-corrected chi connectivity index (χ2v) is 7.82. The summed E-state index contributed by atoms with van der Waals surface area (Å²) in [5.41, 5.74) is 2.21. The van der Waals surface area contributed by atoms with Crippen molar-refractivity contribution >= 4 is 49.9 Å². The van der Waals surface area contributed by atoms with Gasteiger partial charge in [-0.25, -0.2) is 4.98 Å². The Morgan fingerprint density at radius 2 is 1.90 bits per heavy atom. The SMILES string of the molecule is O=C(NC(=S)Nc1nc2ccc(O)cc2s1)c1cccc(OCc2ccccc2)c1. The van der Waals surface area contributed by atoms with E-state index in [9.17, 15) is 9.90 Å². The summed E-state index contributed by atoms with van der Waals surface area (Å²) < 4.78 is 6.58. The number of nitrogens with zero attached hydrogens (tertiary/aromatic N) is 1. The zero-order chi connectivity index (χ0) is 20.9. The number of aromatic hydroxyl groups is 1. The third-order valence-electron chi connectivity index (χ3n) is 4.16. The highest BCUT2D eigenvalue weighted by atomic mass is 32.1. The summed E-state index contributed by atoms with van der Waals surface area (Å²) in [7, 11) is 0. The van der Waals surface area contributed by atoms with Gasteiger partial charge in [-0.15, -0.1) is 0 Å². The topological polar surface area (TPSA) is 83.5 Å². The van der Waals surface area contributed by atoms with Crippen molar-refractivity contribution in [3.8, 4) is 11.5 Å². The molecule has 0 aliphatic rings. The van der Waals surface area contributed by atoms with Crippen LogP contribution < -0.4 is 15.4 Å². The first-order valence-corrected chi connectivity index (χ1v) is 10.3. The first-order chi connectivity index (χ1) is 14.6. The molecular weight excluding hydrogens is 418 g/mol. The molecule has 1 aromatic heterocycles. The third-order valence-corrected chi connectivity index (χ3v) is 5.30. The van der Waals surface area contributed by atoms with Crippen LogP contribution in [0.4, 0.5) is 5.13 Å². The van der Waals surface area contributed by atoms with Gasteiger partial charge in [-0.2, -0.15) is 0 Å². The van der Waals surface area contributed by atoms with Crippen LogP contribution in [0.5, 0.6) is 11.5 Å². The van der Waals surface area contributed by atoms with Crippen molar-refractivity contribution in [3.05, 3.63) is 83.9 Å². The molecule has 0 bridgehead atoms. The monoisotopic (exact) mass is 435 g/mol. The molecule has 3 N–H and O–H groups in total. The zero-order valence-electron chi connectivity index (χ0n) is 15.7. The van der Waals surface area contributed by atoms with Crippen molar-refractivity contribution in [2.24, 2.45) is 0 Å². The van der Waals surface area contributed by atoms with Gasteiger partial charge in [-0.05, 0) is 54.2 Å². The van der Waals surface area contributed by atoms with E-state index in [2.05, 4.69) is 15.6 Å². The number of nitrogens with one attached hydrogen (secondary N) is 2. The van der Waals surface area contributed by atoms with Gasteiger partial charge in [-0.1, -0.05) is 47.7 Å². The van der Waals surface area contributed by atoms with Gasteiger partial charge in [0.2, 0.25) is 0 Å². The van der Waals surface area contributed by atoms with Crippen LogP contribution in [0.15, 0.2) is 72.8 Å². The van der Waals surface area contributed by atoms with Crippen molar-refractivity contribution in [3.63, 3.8) is 0 Å². The van der Waals surface area contributed by atoms with Crippen molar-refractivity contribution in [2.75, 3.05) is 5.32 Å². The predicted molar refractivity (Wildman–Crippen MR) is 122 cm³/mol. The second-order valence-electron chi connectivity index (χ2n) is 6.38. The maximum absolute atomic E-state index is 12.5. The van der Waals surface area contributed by atoms with Gasteiger partial charge in [0.15, 0.2) is 10.2 Å². The Morgan fingerprint density at radius 1 is 1.07 bits per heavy atom. The van der Waals surface area contributed by atoms with Crippen LogP contribution in [0.2, 0.25) is 0 Å². The normalized spacial score (nSPS) is 10.5. The fraction of sp³-hybridized carbons (Fsp3) is 0.0455. The van der Waals surface area contributed by atoms with E-state index in [4.69, 9.17) is 17.0 Å². The Kier molecular flexibility index (Phi) is 5.87. The lowest BCUT2D eigenvalue weighted by Crippen LogP contribution is -2.34. The molecule has 0 saturated heterocycles. The number of anilines is 1. The molecule has 4 aromatic rings. The molecule has 0 spiro atoms. The number of amides is 1. The van der Waals surface area contributed by atoms with E-state index in [1.165, 1.54) is 11.3 Å². The van der Waals surface area contributed by atoms with Gasteiger partial charge in [0.1, 0.15) is 18.1 Å². The summed E-state index contributed by atoms with van der Waals surface area (Å²) in [4.78, 5) is 16.9. The lowest BCUT2D eigenvalue weighted by atomic mass is 10.2. The highest BCUT2D eigenvalue weighted by Gasteiger charge is 2.11. The maximum Gasteiger partial charge on any atom is 0.257 e. The molecule has 0 atom stereocenters. The van der Waals surface area contributed by atoms with Crippen LogP contribution in [0.3, 0.4) is 0 Å². The molecule has 1 heterocycles. The molecule has 0 fully saturated rings. The van der Waals surface area contributed by atoms with Gasteiger partial charge in [-0.3, -0.25) is 10.1 Å². The van der Waals surface area contributed by atoms with E-state index in [-0.39, 0.29) is 16.8 Å². The Bertz CT molecular complexity index is 1210. The molecule has 4 rings (SSSR count). The van der Waals surface area contributed by atoms with Crippen LogP contribution in [0.1, 0.15) is 15.9 Å². The fourth-order valence-electron chi connectivity index (χ4n) is 2.74. The Morgan fingerprint density at radius 3 is 2.73 bits per heavy atom. The minimum absolute atomic E-state index is 0.138. The summed E-state index contributed by atoms with van der Waals surface area (Å²) in [6.07, 6.45) is 0. The summed E-state index contributed by atoms with van der Waals surface area (Å²) in [5, 5.41) is 15.8. The minimum Gasteiger partial charge on any atom is -0.508 e. The van der Waals surface area contributed by atoms with Gasteiger partial charge in [0.25, 0.3) is 5.91 Å². The number of phenols is 1. The molecule has 3 aromatic carbocycles. The molecule has 0 radical (unpaired) electrons. The number of fused-ring (bicyclic) bond motifs is 1. The number of phenolic OH excluding ortho intramolecular Hbond substituents is 1. The largest absolute Gasteiger partial charge is 0.508 e. The summed E-state index contributed by atoms with van der Waals surface area (Å²) in [6, 6.07) is 21.6. The summed E-state index contributed by atoms with van der Waals surface area (Å²) >= 11 is 6.56. The van der Waals surface area contributed by atoms with Crippen LogP contribution in [0.25, 0.3) is 10.2 Å². The molecule has 30 heavy (non-hydrogen) atoms. The van der Waals surface area contributed by atoms with E-state index in [1.807, 2.05) is 30.3 Å². The molecule has 0 aliphatic carbocycles. The van der Waals surface area contributed by atoms with Crippen LogP contribution in [-0.2, 0) is 6.61 Å². The molecule has 6 nitrogen and oxygen atoms in total. The van der Waals surface area contributed by atoms with Gasteiger partial charge in [0.05, 0.1) is 10.2 Å². The smallest absolute Gasteiger partial charge is 0.257 e. The molecule has 150 valence electrons. The Balaban J connectivity index is 1.37. The van der Waals surface area contributed by atoms with E-state index in [0.29, 0.717) is 23.1 Å². The van der Waals surface area contributed by atoms with Gasteiger partial charge < -0.3 is 15.2 Å². The number of benzene rings is 3. The summed E-state index contributed by atoms with van der Waals surface area (Å²) in [5.74, 6) is 0.413.